The number of phenolic OH excluding ortho intramolecular Hbond substituents is 1. The van der Waals surface area contributed by atoms with Gasteiger partial charge in [-0.3, -0.25) is 9.48 Å². The molecule has 0 saturated carbocycles. The van der Waals surface area contributed by atoms with Gasteiger partial charge < -0.3 is 5.11 Å². The molecular formula is C23H20Cl2N2O2S. The molecule has 0 unspecified atom stereocenters. The van der Waals surface area contributed by atoms with E-state index < -0.39 is 0 Å². The number of nitrogens with zero attached hydrogens (tertiary/aromatic N) is 2. The van der Waals surface area contributed by atoms with E-state index in [1.807, 2.05) is 60.3 Å². The van der Waals surface area contributed by atoms with Crippen LogP contribution in [0.4, 0.5) is 0 Å². The van der Waals surface area contributed by atoms with Gasteiger partial charge in [-0.05, 0) is 55.1 Å². The first kappa shape index (κ1) is 20.9. The predicted molar refractivity (Wildman–Crippen MR) is 125 cm³/mol. The summed E-state index contributed by atoms with van der Waals surface area (Å²) < 4.78 is 3.61. The number of fused-ring (bicyclic) bond motifs is 1. The summed E-state index contributed by atoms with van der Waals surface area (Å²) in [5, 5.41) is 11.9. The van der Waals surface area contributed by atoms with Gasteiger partial charge in [-0.15, -0.1) is 11.8 Å². The third-order valence-corrected chi connectivity index (χ3v) is 6.57. The highest BCUT2D eigenvalue weighted by Crippen LogP contribution is 2.26. The van der Waals surface area contributed by atoms with Crippen molar-refractivity contribution in [3.05, 3.63) is 91.7 Å². The predicted octanol–water partition coefficient (Wildman–Crippen LogP) is 5.94. The molecule has 0 aliphatic heterocycles. The molecule has 3 aromatic carbocycles. The zero-order valence-corrected chi connectivity index (χ0v) is 18.9. The molecule has 30 heavy (non-hydrogen) atoms. The summed E-state index contributed by atoms with van der Waals surface area (Å²) in [6.07, 6.45) is 1.98. The van der Waals surface area contributed by atoms with Crippen molar-refractivity contribution >= 4 is 45.9 Å². The van der Waals surface area contributed by atoms with Gasteiger partial charge in [-0.1, -0.05) is 47.0 Å². The number of aromatic hydroxyl groups is 1. The van der Waals surface area contributed by atoms with E-state index in [1.165, 1.54) is 0 Å². The number of halogens is 2. The number of phenols is 1. The Kier molecular flexibility index (Phi) is 5.87. The molecule has 0 fully saturated rings. The Morgan fingerprint density at radius 2 is 1.73 bits per heavy atom. The second-order valence-electron chi connectivity index (χ2n) is 7.18. The van der Waals surface area contributed by atoms with E-state index in [-0.39, 0.29) is 17.9 Å². The van der Waals surface area contributed by atoms with Crippen LogP contribution in [-0.2, 0) is 13.1 Å². The van der Waals surface area contributed by atoms with E-state index in [0.717, 1.165) is 21.5 Å². The zero-order chi connectivity index (χ0) is 21.4. The van der Waals surface area contributed by atoms with Gasteiger partial charge in [-0.2, -0.15) is 0 Å². The van der Waals surface area contributed by atoms with Crippen LogP contribution in [-0.4, -0.2) is 20.7 Å². The Bertz CT molecular complexity index is 1310. The fourth-order valence-electron chi connectivity index (χ4n) is 3.56. The second-order valence-corrected chi connectivity index (χ2v) is 8.88. The molecule has 0 aliphatic carbocycles. The number of aromatic nitrogens is 2. The summed E-state index contributed by atoms with van der Waals surface area (Å²) in [5.74, 6) is 0.170. The van der Waals surface area contributed by atoms with Gasteiger partial charge in [0.2, 0.25) is 0 Å². The lowest BCUT2D eigenvalue weighted by atomic mass is 10.1. The topological polar surface area (TPSA) is 47.2 Å². The first-order chi connectivity index (χ1) is 14.4. The Labute approximate surface area is 188 Å². The average molecular weight is 459 g/mol. The summed E-state index contributed by atoms with van der Waals surface area (Å²) >= 11 is 13.9. The summed E-state index contributed by atoms with van der Waals surface area (Å²) in [7, 11) is 0. The summed E-state index contributed by atoms with van der Waals surface area (Å²) in [4.78, 5) is 14.4. The Morgan fingerprint density at radius 1 is 0.933 bits per heavy atom. The van der Waals surface area contributed by atoms with Crippen LogP contribution in [0.5, 0.6) is 5.75 Å². The van der Waals surface area contributed by atoms with E-state index in [9.17, 15) is 9.90 Å². The lowest BCUT2D eigenvalue weighted by Gasteiger charge is -2.15. The molecular weight excluding hydrogens is 439 g/mol. The first-order valence-corrected chi connectivity index (χ1v) is 11.3. The van der Waals surface area contributed by atoms with Crippen LogP contribution in [0.15, 0.2) is 64.3 Å². The average Bonchev–Trinajstić information content (AvgIpc) is 2.98. The molecule has 4 rings (SSSR count). The van der Waals surface area contributed by atoms with Gasteiger partial charge in [0.05, 0.1) is 34.0 Å². The van der Waals surface area contributed by atoms with Gasteiger partial charge in [0.1, 0.15) is 5.75 Å². The monoisotopic (exact) mass is 458 g/mol. The molecule has 4 nitrogen and oxygen atoms in total. The highest BCUT2D eigenvalue weighted by atomic mass is 35.5. The molecule has 1 heterocycles. The number of hydrogen-bond donors (Lipinski definition) is 1. The highest BCUT2D eigenvalue weighted by Gasteiger charge is 2.16. The maximum Gasteiger partial charge on any atom is 0.274 e. The van der Waals surface area contributed by atoms with Gasteiger partial charge in [-0.25, -0.2) is 4.68 Å². The van der Waals surface area contributed by atoms with E-state index in [2.05, 4.69) is 0 Å². The number of rotatable bonds is 5. The van der Waals surface area contributed by atoms with Crippen molar-refractivity contribution < 1.29 is 5.11 Å². The van der Waals surface area contributed by atoms with Gasteiger partial charge in [0.25, 0.3) is 5.56 Å². The van der Waals surface area contributed by atoms with Crippen LogP contribution in [0, 0.1) is 6.92 Å². The van der Waals surface area contributed by atoms with Crippen molar-refractivity contribution in [1.29, 1.82) is 0 Å². The minimum Gasteiger partial charge on any atom is -0.508 e. The standard InChI is InChI=1S/C23H20Cl2N2O2S/c1-14-3-8-22(28)16(9-14)13-27-23(29)18-11-17(30-2)5-7-21(18)26(27)12-15-4-6-19(24)20(25)10-15/h3-11,28H,12-13H2,1-2H3. The van der Waals surface area contributed by atoms with E-state index in [0.29, 0.717) is 27.5 Å². The van der Waals surface area contributed by atoms with E-state index in [1.54, 1.807) is 28.6 Å². The van der Waals surface area contributed by atoms with E-state index >= 15 is 0 Å². The van der Waals surface area contributed by atoms with Crippen LogP contribution >= 0.6 is 35.0 Å². The number of aryl methyl sites for hydroxylation is 1. The van der Waals surface area contributed by atoms with Crippen LogP contribution < -0.4 is 5.56 Å². The smallest absolute Gasteiger partial charge is 0.274 e. The molecule has 0 bridgehead atoms. The molecule has 0 radical (unpaired) electrons. The van der Waals surface area contributed by atoms with Crippen molar-refractivity contribution in [2.24, 2.45) is 0 Å². The van der Waals surface area contributed by atoms with Crippen molar-refractivity contribution in [3.8, 4) is 5.75 Å². The van der Waals surface area contributed by atoms with Crippen LogP contribution in [0.3, 0.4) is 0 Å². The molecule has 0 spiro atoms. The largest absolute Gasteiger partial charge is 0.508 e. The zero-order valence-electron chi connectivity index (χ0n) is 16.5. The number of hydrogen-bond acceptors (Lipinski definition) is 3. The molecule has 1 N–H and O–H groups in total. The summed E-state index contributed by atoms with van der Waals surface area (Å²) in [5.41, 5.74) is 3.38. The molecule has 0 saturated heterocycles. The first-order valence-electron chi connectivity index (χ1n) is 9.37. The van der Waals surface area contributed by atoms with E-state index in [4.69, 9.17) is 23.2 Å². The van der Waals surface area contributed by atoms with Gasteiger partial charge >= 0.3 is 0 Å². The SMILES string of the molecule is CSc1ccc2c(c1)c(=O)n(Cc1cc(C)ccc1O)n2Cc1ccc(Cl)c(Cl)c1. The molecule has 154 valence electrons. The van der Waals surface area contributed by atoms with Gasteiger partial charge in [0, 0.05) is 10.5 Å². The maximum atomic E-state index is 13.3. The molecule has 0 atom stereocenters. The third-order valence-electron chi connectivity index (χ3n) is 5.11. The molecule has 4 aromatic rings. The molecule has 0 amide bonds. The molecule has 7 heteroatoms. The van der Waals surface area contributed by atoms with Crippen molar-refractivity contribution in [1.82, 2.24) is 9.36 Å². The summed E-state index contributed by atoms with van der Waals surface area (Å²) in [6.45, 7) is 2.67. The number of benzene rings is 3. The quantitative estimate of drug-likeness (QED) is 0.376. The summed E-state index contributed by atoms with van der Waals surface area (Å²) in [6, 6.07) is 16.8. The Hall–Kier alpha value is -2.34. The molecule has 0 aliphatic rings. The lowest BCUT2D eigenvalue weighted by Crippen LogP contribution is -2.24. The fourth-order valence-corrected chi connectivity index (χ4v) is 4.32. The van der Waals surface area contributed by atoms with Crippen molar-refractivity contribution in [2.45, 2.75) is 24.9 Å². The minimum atomic E-state index is -0.0955. The van der Waals surface area contributed by atoms with Crippen LogP contribution in [0.1, 0.15) is 16.7 Å². The highest BCUT2D eigenvalue weighted by molar-refractivity contribution is 7.98. The van der Waals surface area contributed by atoms with Crippen LogP contribution in [0.25, 0.3) is 10.9 Å². The van der Waals surface area contributed by atoms with Crippen LogP contribution in [0.2, 0.25) is 10.0 Å². The van der Waals surface area contributed by atoms with Gasteiger partial charge in [0.15, 0.2) is 0 Å². The second kappa shape index (κ2) is 8.42. The lowest BCUT2D eigenvalue weighted by molar-refractivity contribution is 0.453. The number of thioether (sulfide) groups is 1. The Balaban J connectivity index is 1.89. The minimum absolute atomic E-state index is 0.0955. The Morgan fingerprint density at radius 3 is 2.47 bits per heavy atom. The van der Waals surface area contributed by atoms with Crippen molar-refractivity contribution in [2.75, 3.05) is 6.26 Å². The third kappa shape index (κ3) is 3.97. The maximum absolute atomic E-state index is 13.3. The normalized spacial score (nSPS) is 11.3. The molecule has 1 aromatic heterocycles. The van der Waals surface area contributed by atoms with Crippen molar-refractivity contribution in [3.63, 3.8) is 0 Å². The fraction of sp³-hybridized carbons (Fsp3) is 0.174.